The summed E-state index contributed by atoms with van der Waals surface area (Å²) in [6.07, 6.45) is 17.9. The first-order valence-electron chi connectivity index (χ1n) is 7.11. The van der Waals surface area contributed by atoms with Gasteiger partial charge in [0.05, 0.1) is 12.7 Å². The van der Waals surface area contributed by atoms with Crippen LogP contribution in [0, 0.1) is 0 Å². The van der Waals surface area contributed by atoms with Crippen molar-refractivity contribution in [2.24, 2.45) is 0 Å². The molecule has 0 aliphatic carbocycles. The number of quaternary nitrogens is 1. The fourth-order valence-corrected chi connectivity index (χ4v) is 2.26. The molecule has 0 amide bonds. The maximum absolute atomic E-state index is 2.40. The number of rotatable bonds is 9. The van der Waals surface area contributed by atoms with Crippen molar-refractivity contribution >= 4 is 0 Å². The molecule has 1 atom stereocenters. The Bertz CT molecular complexity index is 233. The lowest BCUT2D eigenvalue weighted by molar-refractivity contribution is -0.788. The Balaban J connectivity index is 0.00000256. The van der Waals surface area contributed by atoms with E-state index in [1.165, 1.54) is 63.5 Å². The second-order valence-electron chi connectivity index (χ2n) is 4.90. The van der Waals surface area contributed by atoms with Crippen LogP contribution in [0.1, 0.15) is 65.2 Å². The third-order valence-electron chi connectivity index (χ3n) is 3.24. The topological polar surface area (TPSA) is 4.44 Å². The smallest absolute Gasteiger partial charge is 0.102 e. The lowest BCUT2D eigenvalue weighted by atomic mass is 10.1. The Morgan fingerprint density at radius 2 is 1.65 bits per heavy atom. The molecule has 0 saturated carbocycles. The zero-order valence-corrected chi connectivity index (χ0v) is 12.2. The van der Waals surface area contributed by atoms with E-state index in [-0.39, 0.29) is 12.4 Å². The van der Waals surface area contributed by atoms with Crippen molar-refractivity contribution < 1.29 is 17.3 Å². The molecule has 0 aromatic carbocycles. The molecule has 2 heteroatoms. The van der Waals surface area contributed by atoms with Crippen LogP contribution in [0.25, 0.3) is 0 Å². The number of hydrogen-bond donors (Lipinski definition) is 1. The summed E-state index contributed by atoms with van der Waals surface area (Å²) in [5.74, 6) is 0. The van der Waals surface area contributed by atoms with Crippen molar-refractivity contribution in [3.05, 3.63) is 24.0 Å². The van der Waals surface area contributed by atoms with Gasteiger partial charge in [-0.3, -0.25) is 4.90 Å². The summed E-state index contributed by atoms with van der Waals surface area (Å²) >= 11 is 0. The molecule has 1 unspecified atom stereocenters. The minimum absolute atomic E-state index is 0. The molecule has 0 radical (unpaired) electrons. The van der Waals surface area contributed by atoms with Crippen LogP contribution in [0.4, 0.5) is 0 Å². The van der Waals surface area contributed by atoms with Gasteiger partial charge in [-0.15, -0.1) is 0 Å². The molecule has 1 N–H and O–H groups in total. The van der Waals surface area contributed by atoms with Gasteiger partial charge in [-0.1, -0.05) is 46.0 Å². The molecule has 17 heavy (non-hydrogen) atoms. The molecule has 1 nitrogen and oxygen atoms in total. The highest BCUT2D eigenvalue weighted by molar-refractivity contribution is 5.17. The standard InChI is InChI=1S/C15H27N.ClH/c1-3-5-6-7-8-9-12-16-13-11-15(14-16)10-4-2;/h11,13-14H,3-10,12H2,1-2H3;1H. The monoisotopic (exact) mass is 257 g/mol. The summed E-state index contributed by atoms with van der Waals surface area (Å²) in [5.41, 5.74) is 1.53. The Hall–Kier alpha value is -0.270. The molecule has 0 spiro atoms. The Kier molecular flexibility index (Phi) is 10.7. The fourth-order valence-electron chi connectivity index (χ4n) is 2.26. The van der Waals surface area contributed by atoms with Gasteiger partial charge >= 0.3 is 0 Å². The second kappa shape index (κ2) is 10.9. The van der Waals surface area contributed by atoms with Gasteiger partial charge in [-0.2, -0.15) is 0 Å². The van der Waals surface area contributed by atoms with Crippen LogP contribution in [0.3, 0.4) is 0 Å². The molecule has 0 bridgehead atoms. The molecule has 0 aromatic heterocycles. The number of allylic oxidation sites excluding steroid dienone is 2. The number of nitrogens with one attached hydrogen (secondary N) is 1. The van der Waals surface area contributed by atoms with Crippen molar-refractivity contribution in [2.75, 3.05) is 6.54 Å². The molecule has 1 aliphatic heterocycles. The summed E-state index contributed by atoms with van der Waals surface area (Å²) in [7, 11) is 0. The van der Waals surface area contributed by atoms with E-state index in [2.05, 4.69) is 32.3 Å². The number of halogens is 1. The van der Waals surface area contributed by atoms with Crippen LogP contribution >= 0.6 is 0 Å². The third-order valence-corrected chi connectivity index (χ3v) is 3.24. The Labute approximate surface area is 113 Å². The minimum atomic E-state index is 0. The second-order valence-corrected chi connectivity index (χ2v) is 4.90. The van der Waals surface area contributed by atoms with E-state index in [0.717, 1.165) is 0 Å². The van der Waals surface area contributed by atoms with E-state index in [0.29, 0.717) is 0 Å². The van der Waals surface area contributed by atoms with Gasteiger partial charge in [-0.25, -0.2) is 0 Å². The van der Waals surface area contributed by atoms with E-state index in [1.54, 1.807) is 4.90 Å². The van der Waals surface area contributed by atoms with Crippen molar-refractivity contribution in [2.45, 2.75) is 65.2 Å². The Morgan fingerprint density at radius 3 is 2.35 bits per heavy atom. The lowest BCUT2D eigenvalue weighted by Crippen LogP contribution is -3.01. The van der Waals surface area contributed by atoms with Crippen LogP contribution in [-0.2, 0) is 0 Å². The Morgan fingerprint density at radius 1 is 0.941 bits per heavy atom. The van der Waals surface area contributed by atoms with E-state index < -0.39 is 0 Å². The van der Waals surface area contributed by atoms with Gasteiger partial charge < -0.3 is 12.4 Å². The molecule has 0 saturated heterocycles. The highest BCUT2D eigenvalue weighted by Crippen LogP contribution is 2.07. The minimum Gasteiger partial charge on any atom is -1.00 e. The highest BCUT2D eigenvalue weighted by Gasteiger charge is 2.09. The fraction of sp³-hybridized carbons (Fsp3) is 0.733. The third kappa shape index (κ3) is 7.62. The summed E-state index contributed by atoms with van der Waals surface area (Å²) in [6, 6.07) is 0. The van der Waals surface area contributed by atoms with Crippen molar-refractivity contribution in [1.82, 2.24) is 0 Å². The number of unbranched alkanes of at least 4 members (excludes halogenated alkanes) is 5. The maximum Gasteiger partial charge on any atom is 0.102 e. The number of hydrogen-bond acceptors (Lipinski definition) is 0. The molecule has 1 rings (SSSR count). The first kappa shape index (κ1) is 16.7. The van der Waals surface area contributed by atoms with Crippen molar-refractivity contribution in [3.8, 4) is 0 Å². The molecule has 100 valence electrons. The summed E-state index contributed by atoms with van der Waals surface area (Å²) in [5, 5.41) is 0. The van der Waals surface area contributed by atoms with Crippen LogP contribution in [0.15, 0.2) is 24.0 Å². The van der Waals surface area contributed by atoms with Gasteiger partial charge in [0.25, 0.3) is 0 Å². The summed E-state index contributed by atoms with van der Waals surface area (Å²) in [4.78, 5) is 1.55. The van der Waals surface area contributed by atoms with Crippen LogP contribution in [0.5, 0.6) is 0 Å². The van der Waals surface area contributed by atoms with Crippen LogP contribution in [-0.4, -0.2) is 6.54 Å². The predicted molar refractivity (Wildman–Crippen MR) is 71.3 cm³/mol. The van der Waals surface area contributed by atoms with Gasteiger partial charge in [0, 0.05) is 11.6 Å². The molecule has 0 fully saturated rings. The van der Waals surface area contributed by atoms with Gasteiger partial charge in [0.2, 0.25) is 0 Å². The first-order chi connectivity index (χ1) is 7.86. The highest BCUT2D eigenvalue weighted by atomic mass is 35.5. The zero-order chi connectivity index (χ0) is 11.6. The normalized spacial score (nSPS) is 18.0. The van der Waals surface area contributed by atoms with Gasteiger partial charge in [-0.05, 0) is 19.3 Å². The van der Waals surface area contributed by atoms with Crippen molar-refractivity contribution in [3.63, 3.8) is 0 Å². The van der Waals surface area contributed by atoms with E-state index >= 15 is 0 Å². The van der Waals surface area contributed by atoms with E-state index in [9.17, 15) is 0 Å². The maximum atomic E-state index is 2.40. The van der Waals surface area contributed by atoms with Gasteiger partial charge in [0.1, 0.15) is 6.20 Å². The summed E-state index contributed by atoms with van der Waals surface area (Å²) < 4.78 is 0. The molecular weight excluding hydrogens is 230 g/mol. The van der Waals surface area contributed by atoms with Crippen LogP contribution in [0.2, 0.25) is 0 Å². The first-order valence-corrected chi connectivity index (χ1v) is 7.11. The molecular formula is C15H28ClN. The molecule has 1 aliphatic rings. The average molecular weight is 258 g/mol. The molecule has 1 heterocycles. The van der Waals surface area contributed by atoms with E-state index in [1.807, 2.05) is 0 Å². The quantitative estimate of drug-likeness (QED) is 0.572. The predicted octanol–water partition coefficient (Wildman–Crippen LogP) is 0.447. The average Bonchev–Trinajstić information content (AvgIpc) is 2.72. The largest absolute Gasteiger partial charge is 1.00 e. The molecule has 0 aromatic rings. The SMILES string of the molecule is CCCCCCCC[NH+]1C=CC(CCC)=C1.[Cl-]. The van der Waals surface area contributed by atoms with Crippen LogP contribution < -0.4 is 17.3 Å². The summed E-state index contributed by atoms with van der Waals surface area (Å²) in [6.45, 7) is 5.81. The zero-order valence-electron chi connectivity index (χ0n) is 11.5. The lowest BCUT2D eigenvalue weighted by Gasteiger charge is -2.06. The van der Waals surface area contributed by atoms with E-state index in [4.69, 9.17) is 0 Å². The van der Waals surface area contributed by atoms with Gasteiger partial charge in [0.15, 0.2) is 0 Å². The van der Waals surface area contributed by atoms with Crippen molar-refractivity contribution in [1.29, 1.82) is 0 Å².